The van der Waals surface area contributed by atoms with Crippen LogP contribution in [0.2, 0.25) is 0 Å². The topological polar surface area (TPSA) is 38.3 Å². The van der Waals surface area contributed by atoms with Crippen LogP contribution in [0.25, 0.3) is 0 Å². The van der Waals surface area contributed by atoms with Crippen molar-refractivity contribution in [3.8, 4) is 0 Å². The number of carbonyl (C=O) groups is 1. The lowest BCUT2D eigenvalue weighted by atomic mass is 9.92. The van der Waals surface area contributed by atoms with E-state index in [-0.39, 0.29) is 11.6 Å². The van der Waals surface area contributed by atoms with Gasteiger partial charge in [0, 0.05) is 18.5 Å². The first-order valence-electron chi connectivity index (χ1n) is 4.85. The first kappa shape index (κ1) is 8.00. The Kier molecular flexibility index (Phi) is 1.47. The molecule has 2 heterocycles. The summed E-state index contributed by atoms with van der Waals surface area (Å²) in [6.45, 7) is 1.66. The quantitative estimate of drug-likeness (QED) is 0.620. The van der Waals surface area contributed by atoms with Crippen LogP contribution in [0.1, 0.15) is 22.3 Å². The summed E-state index contributed by atoms with van der Waals surface area (Å²) in [4.78, 5) is 11.6. The average Bonchev–Trinajstić information content (AvgIpc) is 2.77. The summed E-state index contributed by atoms with van der Waals surface area (Å²) in [5.41, 5.74) is 1.42. The summed E-state index contributed by atoms with van der Waals surface area (Å²) >= 11 is 0. The summed E-state index contributed by atoms with van der Waals surface area (Å²) in [6, 6.07) is 7.67. The molecule has 0 amide bonds. The Bertz CT molecular complexity index is 394. The normalized spacial score (nSPS) is 29.3. The van der Waals surface area contributed by atoms with E-state index in [0.717, 1.165) is 30.6 Å². The maximum Gasteiger partial charge on any atom is 0.339 e. The van der Waals surface area contributed by atoms with Crippen molar-refractivity contribution in [3.05, 3.63) is 35.4 Å². The van der Waals surface area contributed by atoms with Gasteiger partial charge >= 0.3 is 5.97 Å². The highest BCUT2D eigenvalue weighted by Gasteiger charge is 2.47. The number of hydrogen-bond acceptors (Lipinski definition) is 3. The summed E-state index contributed by atoms with van der Waals surface area (Å²) in [5, 5.41) is 3.24. The van der Waals surface area contributed by atoms with Crippen molar-refractivity contribution in [2.75, 3.05) is 13.1 Å². The van der Waals surface area contributed by atoms with Gasteiger partial charge in [0.2, 0.25) is 0 Å². The Morgan fingerprint density at radius 1 is 1.36 bits per heavy atom. The molecular formula is C11H11NO2. The first-order valence-corrected chi connectivity index (χ1v) is 4.85. The standard InChI is InChI=1S/C11H11NO2/c13-10-8-3-1-2-4-9(8)11(14-10)5-6-12-7-11/h1-4,12H,5-7H2/t11-/m0/s1. The fraction of sp³-hybridized carbons (Fsp3) is 0.364. The molecule has 0 aromatic heterocycles. The van der Waals surface area contributed by atoms with E-state index >= 15 is 0 Å². The van der Waals surface area contributed by atoms with Gasteiger partial charge in [-0.1, -0.05) is 18.2 Å². The van der Waals surface area contributed by atoms with Crippen LogP contribution in [-0.2, 0) is 10.3 Å². The molecular weight excluding hydrogens is 178 g/mol. The Labute approximate surface area is 82.1 Å². The van der Waals surface area contributed by atoms with Crippen LogP contribution in [0.5, 0.6) is 0 Å². The molecule has 1 atom stereocenters. The van der Waals surface area contributed by atoms with E-state index in [9.17, 15) is 4.79 Å². The highest BCUT2D eigenvalue weighted by atomic mass is 16.6. The van der Waals surface area contributed by atoms with E-state index in [1.165, 1.54) is 0 Å². The third-order valence-electron chi connectivity index (χ3n) is 3.04. The van der Waals surface area contributed by atoms with Crippen molar-refractivity contribution in [3.63, 3.8) is 0 Å². The summed E-state index contributed by atoms with van der Waals surface area (Å²) < 4.78 is 5.48. The van der Waals surface area contributed by atoms with Gasteiger partial charge in [-0.2, -0.15) is 0 Å². The van der Waals surface area contributed by atoms with E-state index in [2.05, 4.69) is 5.32 Å². The molecule has 0 saturated carbocycles. The lowest BCUT2D eigenvalue weighted by Crippen LogP contribution is -2.28. The van der Waals surface area contributed by atoms with Crippen molar-refractivity contribution in [2.45, 2.75) is 12.0 Å². The predicted molar refractivity (Wildman–Crippen MR) is 51.0 cm³/mol. The molecule has 1 N–H and O–H groups in total. The molecule has 2 aliphatic rings. The monoisotopic (exact) mass is 189 g/mol. The minimum Gasteiger partial charge on any atom is -0.449 e. The summed E-state index contributed by atoms with van der Waals surface area (Å²) in [7, 11) is 0. The number of nitrogens with one attached hydrogen (secondary N) is 1. The number of rotatable bonds is 0. The largest absolute Gasteiger partial charge is 0.449 e. The van der Waals surface area contributed by atoms with E-state index in [1.807, 2.05) is 24.3 Å². The van der Waals surface area contributed by atoms with Crippen LogP contribution in [0.15, 0.2) is 24.3 Å². The molecule has 3 rings (SSSR count). The van der Waals surface area contributed by atoms with Gasteiger partial charge < -0.3 is 10.1 Å². The number of carbonyl (C=O) groups excluding carboxylic acids is 1. The SMILES string of the molecule is O=C1O[C@]2(CCNC2)c2ccccc21. The fourth-order valence-electron chi connectivity index (χ4n) is 2.33. The van der Waals surface area contributed by atoms with Crippen molar-refractivity contribution in [1.29, 1.82) is 0 Å². The number of hydrogen-bond donors (Lipinski definition) is 1. The van der Waals surface area contributed by atoms with Crippen LogP contribution in [-0.4, -0.2) is 19.1 Å². The molecule has 0 unspecified atom stereocenters. The molecule has 3 nitrogen and oxygen atoms in total. The van der Waals surface area contributed by atoms with Gasteiger partial charge in [-0.15, -0.1) is 0 Å². The second kappa shape index (κ2) is 2.58. The van der Waals surface area contributed by atoms with Crippen molar-refractivity contribution in [2.24, 2.45) is 0 Å². The third kappa shape index (κ3) is 0.876. The molecule has 1 aromatic carbocycles. The fourth-order valence-corrected chi connectivity index (χ4v) is 2.33. The van der Waals surface area contributed by atoms with Crippen LogP contribution < -0.4 is 5.32 Å². The zero-order chi connectivity index (χ0) is 9.60. The second-order valence-corrected chi connectivity index (χ2v) is 3.86. The maximum atomic E-state index is 11.6. The molecule has 0 bridgehead atoms. The maximum absolute atomic E-state index is 11.6. The number of benzene rings is 1. The van der Waals surface area contributed by atoms with Gasteiger partial charge in [0.25, 0.3) is 0 Å². The molecule has 0 aliphatic carbocycles. The first-order chi connectivity index (χ1) is 6.82. The van der Waals surface area contributed by atoms with Gasteiger partial charge in [-0.25, -0.2) is 4.79 Å². The zero-order valence-corrected chi connectivity index (χ0v) is 7.75. The van der Waals surface area contributed by atoms with E-state index < -0.39 is 0 Å². The lowest BCUT2D eigenvalue weighted by molar-refractivity contribution is 0.00164. The number of esters is 1. The molecule has 3 heteroatoms. The molecule has 2 aliphatic heterocycles. The number of fused-ring (bicyclic) bond motifs is 2. The van der Waals surface area contributed by atoms with Gasteiger partial charge in [0.15, 0.2) is 5.60 Å². The Hall–Kier alpha value is -1.35. The van der Waals surface area contributed by atoms with Gasteiger partial charge in [-0.3, -0.25) is 0 Å². The number of ether oxygens (including phenoxy) is 1. The van der Waals surface area contributed by atoms with Gasteiger partial charge in [0.1, 0.15) is 0 Å². The van der Waals surface area contributed by atoms with Crippen molar-refractivity contribution >= 4 is 5.97 Å². The molecule has 72 valence electrons. The Morgan fingerprint density at radius 3 is 3.00 bits per heavy atom. The minimum absolute atomic E-state index is 0.177. The molecule has 1 fully saturated rings. The Morgan fingerprint density at radius 2 is 2.21 bits per heavy atom. The summed E-state index contributed by atoms with van der Waals surface area (Å²) in [6.07, 6.45) is 0.885. The van der Waals surface area contributed by atoms with Gasteiger partial charge in [-0.05, 0) is 12.6 Å². The summed E-state index contributed by atoms with van der Waals surface area (Å²) in [5.74, 6) is -0.177. The van der Waals surface area contributed by atoms with E-state index in [4.69, 9.17) is 4.74 Å². The molecule has 0 radical (unpaired) electrons. The molecule has 1 spiro atoms. The highest BCUT2D eigenvalue weighted by molar-refractivity contribution is 5.94. The minimum atomic E-state index is -0.367. The molecule has 1 aromatic rings. The van der Waals surface area contributed by atoms with Crippen LogP contribution >= 0.6 is 0 Å². The van der Waals surface area contributed by atoms with Crippen LogP contribution in [0.3, 0.4) is 0 Å². The molecule has 14 heavy (non-hydrogen) atoms. The third-order valence-corrected chi connectivity index (χ3v) is 3.04. The smallest absolute Gasteiger partial charge is 0.339 e. The van der Waals surface area contributed by atoms with Crippen LogP contribution in [0.4, 0.5) is 0 Å². The van der Waals surface area contributed by atoms with Crippen LogP contribution in [0, 0.1) is 0 Å². The Balaban J connectivity index is 2.18. The van der Waals surface area contributed by atoms with Gasteiger partial charge in [0.05, 0.1) is 5.56 Å². The second-order valence-electron chi connectivity index (χ2n) is 3.86. The zero-order valence-electron chi connectivity index (χ0n) is 7.75. The van der Waals surface area contributed by atoms with Crippen molar-refractivity contribution in [1.82, 2.24) is 5.32 Å². The average molecular weight is 189 g/mol. The van der Waals surface area contributed by atoms with Crippen molar-refractivity contribution < 1.29 is 9.53 Å². The molecule has 1 saturated heterocycles. The van der Waals surface area contributed by atoms with E-state index in [0.29, 0.717) is 0 Å². The lowest BCUT2D eigenvalue weighted by Gasteiger charge is -2.21. The highest BCUT2D eigenvalue weighted by Crippen LogP contribution is 2.40. The van der Waals surface area contributed by atoms with E-state index in [1.54, 1.807) is 0 Å². The predicted octanol–water partition coefficient (Wildman–Crippen LogP) is 1.05.